The minimum atomic E-state index is -1.23. The lowest BCUT2D eigenvalue weighted by Gasteiger charge is -2.12. The maximum atomic E-state index is 11.9. The molecule has 0 aliphatic heterocycles. The fraction of sp³-hybridized carbons (Fsp3) is 0.462. The van der Waals surface area contributed by atoms with E-state index in [1.807, 2.05) is 12.1 Å². The standard InChI is InChI=1S/C13H20N2O3S/c1-10(19(17)8-7-18-2)13(16)15-12-5-3-11(9-14)4-6-12/h3-6,10H,7-9,14H2,1-2H3,(H,15,16). The molecule has 19 heavy (non-hydrogen) atoms. The Hall–Kier alpha value is -1.24. The summed E-state index contributed by atoms with van der Waals surface area (Å²) in [6.07, 6.45) is 0. The van der Waals surface area contributed by atoms with E-state index in [0.29, 0.717) is 24.6 Å². The van der Waals surface area contributed by atoms with Gasteiger partial charge in [-0.3, -0.25) is 9.00 Å². The third kappa shape index (κ3) is 5.10. The zero-order valence-corrected chi connectivity index (χ0v) is 12.0. The molecule has 106 valence electrons. The van der Waals surface area contributed by atoms with Crippen molar-refractivity contribution in [1.29, 1.82) is 0 Å². The van der Waals surface area contributed by atoms with E-state index < -0.39 is 16.0 Å². The molecule has 0 fully saturated rings. The molecule has 5 nitrogen and oxygen atoms in total. The van der Waals surface area contributed by atoms with Gasteiger partial charge in [-0.15, -0.1) is 0 Å². The van der Waals surface area contributed by atoms with Crippen LogP contribution in [0.3, 0.4) is 0 Å². The van der Waals surface area contributed by atoms with Crippen LogP contribution < -0.4 is 11.1 Å². The quantitative estimate of drug-likeness (QED) is 0.778. The highest BCUT2D eigenvalue weighted by atomic mass is 32.2. The average Bonchev–Trinajstić information content (AvgIpc) is 2.44. The van der Waals surface area contributed by atoms with Crippen LogP contribution in [0.25, 0.3) is 0 Å². The van der Waals surface area contributed by atoms with Gasteiger partial charge in [0.1, 0.15) is 5.25 Å². The van der Waals surface area contributed by atoms with Gasteiger partial charge in [-0.1, -0.05) is 12.1 Å². The minimum absolute atomic E-state index is 0.255. The number of carbonyl (C=O) groups is 1. The van der Waals surface area contributed by atoms with E-state index in [0.717, 1.165) is 5.56 Å². The number of hydrogen-bond acceptors (Lipinski definition) is 4. The summed E-state index contributed by atoms with van der Waals surface area (Å²) in [6.45, 7) is 2.50. The van der Waals surface area contributed by atoms with Gasteiger partial charge in [0.2, 0.25) is 5.91 Å². The predicted molar refractivity (Wildman–Crippen MR) is 77.3 cm³/mol. The van der Waals surface area contributed by atoms with E-state index in [1.54, 1.807) is 26.2 Å². The zero-order valence-electron chi connectivity index (χ0n) is 11.2. The van der Waals surface area contributed by atoms with E-state index in [9.17, 15) is 9.00 Å². The number of amides is 1. The van der Waals surface area contributed by atoms with Gasteiger partial charge in [0.05, 0.1) is 6.61 Å². The van der Waals surface area contributed by atoms with Crippen molar-refractivity contribution in [2.75, 3.05) is 24.8 Å². The number of nitrogens with one attached hydrogen (secondary N) is 1. The molecule has 6 heteroatoms. The topological polar surface area (TPSA) is 81.4 Å². The number of carbonyl (C=O) groups excluding carboxylic acids is 1. The van der Waals surface area contributed by atoms with Gasteiger partial charge in [-0.2, -0.15) is 0 Å². The van der Waals surface area contributed by atoms with Crippen molar-refractivity contribution >= 4 is 22.4 Å². The van der Waals surface area contributed by atoms with E-state index in [2.05, 4.69) is 5.32 Å². The summed E-state index contributed by atoms with van der Waals surface area (Å²) in [5, 5.41) is 2.17. The first-order valence-electron chi connectivity index (χ1n) is 6.04. The van der Waals surface area contributed by atoms with Crippen molar-refractivity contribution in [3.8, 4) is 0 Å². The number of methoxy groups -OCH3 is 1. The second-order valence-electron chi connectivity index (χ2n) is 4.11. The molecule has 0 saturated heterocycles. The molecule has 1 amide bonds. The molecule has 0 saturated carbocycles. The van der Waals surface area contributed by atoms with Crippen LogP contribution in [0.15, 0.2) is 24.3 Å². The molecular weight excluding hydrogens is 264 g/mol. The van der Waals surface area contributed by atoms with E-state index in [4.69, 9.17) is 10.5 Å². The van der Waals surface area contributed by atoms with Gasteiger partial charge < -0.3 is 15.8 Å². The lowest BCUT2D eigenvalue weighted by Crippen LogP contribution is -2.31. The molecule has 2 atom stereocenters. The van der Waals surface area contributed by atoms with Gasteiger partial charge in [-0.05, 0) is 24.6 Å². The van der Waals surface area contributed by atoms with Crippen LogP contribution in [-0.4, -0.2) is 34.8 Å². The van der Waals surface area contributed by atoms with Gasteiger partial charge in [0.15, 0.2) is 0 Å². The van der Waals surface area contributed by atoms with E-state index in [1.165, 1.54) is 0 Å². The molecule has 1 aromatic carbocycles. The maximum absolute atomic E-state index is 11.9. The lowest BCUT2D eigenvalue weighted by atomic mass is 10.2. The van der Waals surface area contributed by atoms with Crippen molar-refractivity contribution in [2.45, 2.75) is 18.7 Å². The zero-order chi connectivity index (χ0) is 14.3. The van der Waals surface area contributed by atoms with Crippen molar-refractivity contribution in [2.24, 2.45) is 5.73 Å². The molecule has 2 unspecified atom stereocenters. The molecule has 0 aliphatic rings. The van der Waals surface area contributed by atoms with Crippen LogP contribution in [0.1, 0.15) is 12.5 Å². The second-order valence-corrected chi connectivity index (χ2v) is 5.99. The Morgan fingerprint density at radius 2 is 2.05 bits per heavy atom. The first kappa shape index (κ1) is 15.8. The highest BCUT2D eigenvalue weighted by molar-refractivity contribution is 7.86. The Balaban J connectivity index is 2.55. The summed E-state index contributed by atoms with van der Waals surface area (Å²) in [4.78, 5) is 11.9. The average molecular weight is 284 g/mol. The number of hydrogen-bond donors (Lipinski definition) is 2. The van der Waals surface area contributed by atoms with Gasteiger partial charge in [-0.25, -0.2) is 0 Å². The van der Waals surface area contributed by atoms with Crippen LogP contribution in [-0.2, 0) is 26.9 Å². The summed E-state index contributed by atoms with van der Waals surface area (Å²) in [5.74, 6) is 0.104. The third-order valence-corrected chi connectivity index (χ3v) is 4.28. The Morgan fingerprint density at radius 1 is 1.42 bits per heavy atom. The Bertz CT molecular complexity index is 434. The molecule has 0 radical (unpaired) electrons. The Kier molecular flexibility index (Phi) is 6.69. The third-order valence-electron chi connectivity index (χ3n) is 2.71. The van der Waals surface area contributed by atoms with Crippen LogP contribution in [0.4, 0.5) is 5.69 Å². The fourth-order valence-corrected chi connectivity index (χ4v) is 2.41. The first-order valence-corrected chi connectivity index (χ1v) is 7.42. The number of anilines is 1. The van der Waals surface area contributed by atoms with Crippen LogP contribution >= 0.6 is 0 Å². The van der Waals surface area contributed by atoms with Gasteiger partial charge in [0.25, 0.3) is 0 Å². The maximum Gasteiger partial charge on any atom is 0.239 e. The highest BCUT2D eigenvalue weighted by Gasteiger charge is 2.19. The van der Waals surface area contributed by atoms with Crippen LogP contribution in [0.5, 0.6) is 0 Å². The van der Waals surface area contributed by atoms with Crippen molar-refractivity contribution in [3.63, 3.8) is 0 Å². The van der Waals surface area contributed by atoms with Gasteiger partial charge >= 0.3 is 0 Å². The summed E-state index contributed by atoms with van der Waals surface area (Å²) in [5.41, 5.74) is 7.17. The molecule has 1 aromatic rings. The molecule has 0 spiro atoms. The summed E-state index contributed by atoms with van der Waals surface area (Å²) < 4.78 is 16.6. The SMILES string of the molecule is COCCS(=O)C(C)C(=O)Nc1ccc(CN)cc1. The molecule has 0 aromatic heterocycles. The second kappa shape index (κ2) is 8.04. The normalized spacial score (nSPS) is 13.8. The van der Waals surface area contributed by atoms with E-state index in [-0.39, 0.29) is 5.91 Å². The van der Waals surface area contributed by atoms with Crippen molar-refractivity contribution in [3.05, 3.63) is 29.8 Å². The number of rotatable bonds is 7. The molecule has 0 bridgehead atoms. The molecule has 0 heterocycles. The first-order chi connectivity index (χ1) is 9.08. The van der Waals surface area contributed by atoms with Crippen molar-refractivity contribution < 1.29 is 13.7 Å². The molecule has 1 rings (SSSR count). The van der Waals surface area contributed by atoms with Crippen LogP contribution in [0.2, 0.25) is 0 Å². The fourth-order valence-electron chi connectivity index (χ4n) is 1.43. The smallest absolute Gasteiger partial charge is 0.239 e. The summed E-state index contributed by atoms with van der Waals surface area (Å²) >= 11 is 0. The monoisotopic (exact) mass is 284 g/mol. The lowest BCUT2D eigenvalue weighted by molar-refractivity contribution is -0.115. The highest BCUT2D eigenvalue weighted by Crippen LogP contribution is 2.10. The molecule has 3 N–H and O–H groups in total. The van der Waals surface area contributed by atoms with Gasteiger partial charge in [0, 0.05) is 35.9 Å². The molecule has 0 aliphatic carbocycles. The predicted octanol–water partition coefficient (Wildman–Crippen LogP) is 0.867. The number of benzene rings is 1. The minimum Gasteiger partial charge on any atom is -0.384 e. The largest absolute Gasteiger partial charge is 0.384 e. The number of ether oxygens (including phenoxy) is 1. The number of nitrogens with two attached hydrogens (primary N) is 1. The van der Waals surface area contributed by atoms with Crippen molar-refractivity contribution in [1.82, 2.24) is 0 Å². The summed E-state index contributed by atoms with van der Waals surface area (Å²) in [7, 11) is 0.311. The Morgan fingerprint density at radius 3 is 2.58 bits per heavy atom. The van der Waals surface area contributed by atoms with E-state index >= 15 is 0 Å². The molecular formula is C13H20N2O3S. The van der Waals surface area contributed by atoms with Crippen LogP contribution in [0, 0.1) is 0 Å². The Labute approximate surface area is 116 Å². The summed E-state index contributed by atoms with van der Waals surface area (Å²) in [6, 6.07) is 7.26.